The predicted octanol–water partition coefficient (Wildman–Crippen LogP) is 4.61. The summed E-state index contributed by atoms with van der Waals surface area (Å²) in [5.74, 6) is 0.840. The second-order valence-corrected chi connectivity index (χ2v) is 7.10. The van der Waals surface area contributed by atoms with E-state index in [-0.39, 0.29) is 11.7 Å². The van der Waals surface area contributed by atoms with E-state index < -0.39 is 6.04 Å². The van der Waals surface area contributed by atoms with Crippen molar-refractivity contribution in [1.82, 2.24) is 0 Å². The third-order valence-electron chi connectivity index (χ3n) is 5.44. The number of para-hydroxylation sites is 2. The fourth-order valence-electron chi connectivity index (χ4n) is 4.08. The highest BCUT2D eigenvalue weighted by atomic mass is 16.5. The number of nitrogens with zero attached hydrogens (tertiary/aromatic N) is 1. The summed E-state index contributed by atoms with van der Waals surface area (Å²) in [5, 5.41) is 3.46. The average molecular weight is 376 g/mol. The Bertz CT molecular complexity index is 947. The van der Waals surface area contributed by atoms with Crippen molar-refractivity contribution in [2.75, 3.05) is 17.3 Å². The van der Waals surface area contributed by atoms with Crippen molar-refractivity contribution < 1.29 is 14.3 Å². The molecule has 2 aliphatic rings. The minimum Gasteiger partial charge on any atom is -0.497 e. The van der Waals surface area contributed by atoms with Crippen LogP contribution in [0.15, 0.2) is 59.8 Å². The van der Waals surface area contributed by atoms with Gasteiger partial charge in [-0.1, -0.05) is 31.2 Å². The summed E-state index contributed by atoms with van der Waals surface area (Å²) in [6.45, 7) is 1.85. The van der Waals surface area contributed by atoms with E-state index in [1.165, 1.54) is 0 Å². The molecule has 0 bridgehead atoms. The summed E-state index contributed by atoms with van der Waals surface area (Å²) >= 11 is 0. The second-order valence-electron chi connectivity index (χ2n) is 7.10. The number of ketones is 1. The molecule has 1 N–H and O–H groups in total. The predicted molar refractivity (Wildman–Crippen MR) is 109 cm³/mol. The van der Waals surface area contributed by atoms with Gasteiger partial charge in [0.2, 0.25) is 5.91 Å². The summed E-state index contributed by atoms with van der Waals surface area (Å²) in [6, 6.07) is 15.0. The number of carbonyl (C=O) groups excluding carboxylic acids is 2. The molecule has 5 nitrogen and oxygen atoms in total. The lowest BCUT2D eigenvalue weighted by molar-refractivity contribution is -0.118. The largest absolute Gasteiger partial charge is 0.497 e. The van der Waals surface area contributed by atoms with Gasteiger partial charge in [0.05, 0.1) is 24.5 Å². The van der Waals surface area contributed by atoms with Crippen LogP contribution in [-0.2, 0) is 9.59 Å². The van der Waals surface area contributed by atoms with Gasteiger partial charge in [0.25, 0.3) is 0 Å². The van der Waals surface area contributed by atoms with Gasteiger partial charge in [0.1, 0.15) is 5.75 Å². The van der Waals surface area contributed by atoms with Gasteiger partial charge in [0, 0.05) is 24.1 Å². The molecule has 2 aromatic rings. The Balaban J connectivity index is 1.97. The highest BCUT2D eigenvalue weighted by Gasteiger charge is 2.38. The van der Waals surface area contributed by atoms with Gasteiger partial charge in [-0.15, -0.1) is 0 Å². The number of fused-ring (bicyclic) bond motifs is 1. The summed E-state index contributed by atoms with van der Waals surface area (Å²) in [6.07, 6.45) is 2.50. The third kappa shape index (κ3) is 3.07. The first-order valence-corrected chi connectivity index (χ1v) is 9.72. The number of methoxy groups -OCH3 is 1. The first-order chi connectivity index (χ1) is 13.6. The number of Topliss-reactive ketones (excluding diaryl/α,β-unsaturated/α-hetero) is 1. The maximum Gasteiger partial charge on any atom is 0.227 e. The molecule has 1 heterocycles. The van der Waals surface area contributed by atoms with Gasteiger partial charge < -0.3 is 10.1 Å². The zero-order chi connectivity index (χ0) is 19.7. The van der Waals surface area contributed by atoms with E-state index >= 15 is 0 Å². The van der Waals surface area contributed by atoms with E-state index in [2.05, 4.69) is 5.32 Å². The quantitative estimate of drug-likeness (QED) is 0.850. The maximum absolute atomic E-state index is 13.1. The smallest absolute Gasteiger partial charge is 0.227 e. The van der Waals surface area contributed by atoms with Crippen molar-refractivity contribution in [2.45, 2.75) is 38.6 Å². The van der Waals surface area contributed by atoms with Crippen LogP contribution in [0, 0.1) is 0 Å². The summed E-state index contributed by atoms with van der Waals surface area (Å²) in [5.41, 5.74) is 4.20. The molecule has 0 saturated heterocycles. The van der Waals surface area contributed by atoms with Crippen molar-refractivity contribution in [3.63, 3.8) is 0 Å². The summed E-state index contributed by atoms with van der Waals surface area (Å²) in [4.78, 5) is 27.9. The van der Waals surface area contributed by atoms with Crippen molar-refractivity contribution in [1.29, 1.82) is 0 Å². The Morgan fingerprint density at radius 2 is 1.89 bits per heavy atom. The molecule has 1 amide bonds. The molecular formula is C23H24N2O3. The number of rotatable bonds is 3. The molecule has 144 valence electrons. The van der Waals surface area contributed by atoms with Crippen LogP contribution in [0.1, 0.15) is 44.2 Å². The van der Waals surface area contributed by atoms with Crippen molar-refractivity contribution in [3.05, 3.63) is 65.4 Å². The number of anilines is 2. The SMILES string of the molecule is CCC(=O)N1c2ccccc2NC2=C(C(=O)CCC2)C1c1ccc(OC)cc1. The number of carbonyl (C=O) groups is 2. The van der Waals surface area contributed by atoms with Crippen LogP contribution in [0.3, 0.4) is 0 Å². The van der Waals surface area contributed by atoms with E-state index in [1.54, 1.807) is 12.0 Å². The Morgan fingerprint density at radius 1 is 1.14 bits per heavy atom. The lowest BCUT2D eigenvalue weighted by Crippen LogP contribution is -2.37. The molecule has 0 radical (unpaired) electrons. The zero-order valence-corrected chi connectivity index (χ0v) is 16.2. The molecule has 0 spiro atoms. The van der Waals surface area contributed by atoms with Gasteiger partial charge in [-0.05, 0) is 42.7 Å². The zero-order valence-electron chi connectivity index (χ0n) is 16.2. The minimum atomic E-state index is -0.447. The Morgan fingerprint density at radius 3 is 2.61 bits per heavy atom. The van der Waals surface area contributed by atoms with Crippen molar-refractivity contribution in [3.8, 4) is 5.75 Å². The van der Waals surface area contributed by atoms with Gasteiger partial charge >= 0.3 is 0 Å². The molecule has 1 aliphatic heterocycles. The molecule has 5 heteroatoms. The molecule has 0 saturated carbocycles. The van der Waals surface area contributed by atoms with Gasteiger partial charge in [-0.2, -0.15) is 0 Å². The fraction of sp³-hybridized carbons (Fsp3) is 0.304. The van der Waals surface area contributed by atoms with Crippen molar-refractivity contribution >= 4 is 23.1 Å². The summed E-state index contributed by atoms with van der Waals surface area (Å²) < 4.78 is 5.29. The molecule has 4 rings (SSSR count). The molecule has 1 unspecified atom stereocenters. The van der Waals surface area contributed by atoms with E-state index in [0.717, 1.165) is 41.2 Å². The highest BCUT2D eigenvalue weighted by molar-refractivity contribution is 6.06. The summed E-state index contributed by atoms with van der Waals surface area (Å²) in [7, 11) is 1.62. The van der Waals surface area contributed by atoms with Crippen LogP contribution in [-0.4, -0.2) is 18.8 Å². The van der Waals surface area contributed by atoms with Gasteiger partial charge in [-0.25, -0.2) is 0 Å². The van der Waals surface area contributed by atoms with Crippen LogP contribution in [0.4, 0.5) is 11.4 Å². The molecule has 28 heavy (non-hydrogen) atoms. The van der Waals surface area contributed by atoms with Crippen LogP contribution >= 0.6 is 0 Å². The second kappa shape index (κ2) is 7.50. The minimum absolute atomic E-state index is 0.0119. The molecule has 1 atom stereocenters. The van der Waals surface area contributed by atoms with Crippen LogP contribution in [0.2, 0.25) is 0 Å². The first-order valence-electron chi connectivity index (χ1n) is 9.72. The van der Waals surface area contributed by atoms with Crippen LogP contribution in [0.25, 0.3) is 0 Å². The molecule has 1 aliphatic carbocycles. The lowest BCUT2D eigenvalue weighted by Gasteiger charge is -2.33. The molecular weight excluding hydrogens is 352 g/mol. The molecule has 2 aromatic carbocycles. The van der Waals surface area contributed by atoms with Crippen LogP contribution < -0.4 is 15.0 Å². The highest BCUT2D eigenvalue weighted by Crippen LogP contribution is 2.45. The molecule has 0 fully saturated rings. The normalized spacial score (nSPS) is 18.7. The van der Waals surface area contributed by atoms with E-state index in [1.807, 2.05) is 55.5 Å². The van der Waals surface area contributed by atoms with Gasteiger partial charge in [-0.3, -0.25) is 14.5 Å². The number of hydrogen-bond acceptors (Lipinski definition) is 4. The third-order valence-corrected chi connectivity index (χ3v) is 5.44. The first kappa shape index (κ1) is 18.3. The van der Waals surface area contributed by atoms with E-state index in [0.29, 0.717) is 18.4 Å². The number of hydrogen-bond donors (Lipinski definition) is 1. The fourth-order valence-corrected chi connectivity index (χ4v) is 4.08. The topological polar surface area (TPSA) is 58.6 Å². The van der Waals surface area contributed by atoms with Crippen LogP contribution in [0.5, 0.6) is 5.75 Å². The van der Waals surface area contributed by atoms with Crippen molar-refractivity contribution in [2.24, 2.45) is 0 Å². The van der Waals surface area contributed by atoms with E-state index in [4.69, 9.17) is 4.74 Å². The number of allylic oxidation sites excluding steroid dienone is 1. The Labute approximate surface area is 165 Å². The Hall–Kier alpha value is -3.08. The number of amides is 1. The monoisotopic (exact) mass is 376 g/mol. The van der Waals surface area contributed by atoms with E-state index in [9.17, 15) is 9.59 Å². The molecule has 0 aromatic heterocycles. The number of ether oxygens (including phenoxy) is 1. The van der Waals surface area contributed by atoms with Gasteiger partial charge in [0.15, 0.2) is 5.78 Å². The Kier molecular flexibility index (Phi) is 4.90. The lowest BCUT2D eigenvalue weighted by atomic mass is 9.85. The standard InChI is InChI=1S/C23H24N2O3/c1-3-21(27)25-19-9-5-4-7-17(19)24-18-8-6-10-20(26)22(18)23(25)15-11-13-16(28-2)14-12-15/h4-5,7,9,11-14,23-24H,3,6,8,10H2,1-2H3. The average Bonchev–Trinajstić information content (AvgIpc) is 2.88. The maximum atomic E-state index is 13.1. The number of benzene rings is 2. The number of nitrogens with one attached hydrogen (secondary N) is 1.